The average Bonchev–Trinajstić information content (AvgIpc) is 2.58. The molecule has 8 heteroatoms. The Balaban J connectivity index is 2.07. The van der Waals surface area contributed by atoms with Crippen LogP contribution in [-0.4, -0.2) is 23.9 Å². The van der Waals surface area contributed by atoms with E-state index in [9.17, 15) is 14.4 Å². The van der Waals surface area contributed by atoms with E-state index in [0.717, 1.165) is 5.56 Å². The zero-order valence-electron chi connectivity index (χ0n) is 14.0. The van der Waals surface area contributed by atoms with Crippen LogP contribution in [0.3, 0.4) is 0 Å². The number of para-hydroxylation sites is 1. The van der Waals surface area contributed by atoms with Crippen LogP contribution in [0.1, 0.15) is 12.0 Å². The van der Waals surface area contributed by atoms with Gasteiger partial charge in [-0.3, -0.25) is 9.59 Å². The van der Waals surface area contributed by atoms with Gasteiger partial charge in [0.15, 0.2) is 0 Å². The van der Waals surface area contributed by atoms with Crippen molar-refractivity contribution in [3.05, 3.63) is 59.1 Å². The summed E-state index contributed by atoms with van der Waals surface area (Å²) in [4.78, 5) is 35.7. The molecule has 0 heterocycles. The summed E-state index contributed by atoms with van der Waals surface area (Å²) >= 11 is 5.92. The number of nitrogens with one attached hydrogen (secondary N) is 2. The van der Waals surface area contributed by atoms with Crippen LogP contribution in [0.5, 0.6) is 5.75 Å². The molecule has 2 aromatic rings. The summed E-state index contributed by atoms with van der Waals surface area (Å²) in [5, 5.41) is 5.41. The van der Waals surface area contributed by atoms with Crippen molar-refractivity contribution in [2.75, 3.05) is 5.32 Å². The zero-order chi connectivity index (χ0) is 19.1. The minimum atomic E-state index is -1.19. The molecule has 7 nitrogen and oxygen atoms in total. The summed E-state index contributed by atoms with van der Waals surface area (Å²) in [6.45, 7) is 1.78. The number of halogens is 1. The van der Waals surface area contributed by atoms with Crippen LogP contribution >= 0.6 is 11.6 Å². The summed E-state index contributed by atoms with van der Waals surface area (Å²) in [5.74, 6) is -1.05. The van der Waals surface area contributed by atoms with Crippen LogP contribution in [0.25, 0.3) is 0 Å². The Morgan fingerprint density at radius 2 is 1.85 bits per heavy atom. The van der Waals surface area contributed by atoms with Gasteiger partial charge < -0.3 is 21.1 Å². The van der Waals surface area contributed by atoms with Crippen LogP contribution in [0, 0.1) is 6.92 Å². The Bertz CT molecular complexity index is 811. The van der Waals surface area contributed by atoms with Gasteiger partial charge in [0.2, 0.25) is 11.8 Å². The molecule has 0 aliphatic heterocycles. The van der Waals surface area contributed by atoms with Crippen LogP contribution in [0.4, 0.5) is 10.5 Å². The lowest BCUT2D eigenvalue weighted by Gasteiger charge is -2.18. The summed E-state index contributed by atoms with van der Waals surface area (Å²) in [5.41, 5.74) is 6.41. The van der Waals surface area contributed by atoms with Gasteiger partial charge in [-0.15, -0.1) is 0 Å². The molecule has 0 aliphatic rings. The van der Waals surface area contributed by atoms with Crippen molar-refractivity contribution in [1.29, 1.82) is 0 Å². The molecular weight excluding hydrogens is 358 g/mol. The number of hydrogen-bond acceptors (Lipinski definition) is 4. The Hall–Kier alpha value is -3.06. The van der Waals surface area contributed by atoms with Crippen LogP contribution in [0.15, 0.2) is 48.5 Å². The lowest BCUT2D eigenvalue weighted by Crippen LogP contribution is -2.47. The van der Waals surface area contributed by atoms with E-state index in [1.807, 2.05) is 0 Å². The SMILES string of the molecule is Cc1ccc(Cl)cc1NC(=O)[C@@H](CC(N)=O)NC(=O)Oc1ccccc1. The van der Waals surface area contributed by atoms with E-state index in [1.165, 1.54) is 0 Å². The lowest BCUT2D eigenvalue weighted by molar-refractivity contribution is -0.123. The van der Waals surface area contributed by atoms with Crippen molar-refractivity contribution in [2.45, 2.75) is 19.4 Å². The molecule has 0 spiro atoms. The minimum absolute atomic E-state index is 0.300. The van der Waals surface area contributed by atoms with Gasteiger partial charge in [0.05, 0.1) is 6.42 Å². The van der Waals surface area contributed by atoms with E-state index in [1.54, 1.807) is 55.5 Å². The number of rotatable bonds is 6. The minimum Gasteiger partial charge on any atom is -0.410 e. The zero-order valence-corrected chi connectivity index (χ0v) is 14.7. The molecule has 2 aromatic carbocycles. The maximum Gasteiger partial charge on any atom is 0.413 e. The topological polar surface area (TPSA) is 111 Å². The van der Waals surface area contributed by atoms with Gasteiger partial charge in [-0.1, -0.05) is 35.9 Å². The highest BCUT2D eigenvalue weighted by atomic mass is 35.5. The van der Waals surface area contributed by atoms with E-state index >= 15 is 0 Å². The number of hydrogen-bond donors (Lipinski definition) is 3. The number of aryl methyl sites for hydroxylation is 1. The van der Waals surface area contributed by atoms with Crippen molar-refractivity contribution < 1.29 is 19.1 Å². The van der Waals surface area contributed by atoms with Crippen molar-refractivity contribution in [2.24, 2.45) is 5.73 Å². The Labute approximate surface area is 155 Å². The van der Waals surface area contributed by atoms with Gasteiger partial charge in [0.1, 0.15) is 11.8 Å². The fourth-order valence-corrected chi connectivity index (χ4v) is 2.30. The first-order chi connectivity index (χ1) is 12.3. The van der Waals surface area contributed by atoms with Crippen molar-refractivity contribution in [3.63, 3.8) is 0 Å². The first-order valence-electron chi connectivity index (χ1n) is 7.74. The van der Waals surface area contributed by atoms with Gasteiger partial charge in [-0.25, -0.2) is 4.79 Å². The maximum atomic E-state index is 12.5. The van der Waals surface area contributed by atoms with Crippen LogP contribution in [0.2, 0.25) is 5.02 Å². The van der Waals surface area contributed by atoms with E-state index in [-0.39, 0.29) is 6.42 Å². The molecular formula is C18H18ClN3O4. The van der Waals surface area contributed by atoms with Gasteiger partial charge in [0, 0.05) is 10.7 Å². The number of benzene rings is 2. The summed E-state index contributed by atoms with van der Waals surface area (Å²) in [7, 11) is 0. The highest BCUT2D eigenvalue weighted by molar-refractivity contribution is 6.31. The third-order valence-corrected chi connectivity index (χ3v) is 3.66. The van der Waals surface area contributed by atoms with E-state index in [0.29, 0.717) is 16.5 Å². The number of amides is 3. The number of nitrogens with two attached hydrogens (primary N) is 1. The fourth-order valence-electron chi connectivity index (χ4n) is 2.13. The summed E-state index contributed by atoms with van der Waals surface area (Å²) in [6, 6.07) is 12.1. The highest BCUT2D eigenvalue weighted by Crippen LogP contribution is 2.20. The number of carbonyl (C=O) groups is 3. The maximum absolute atomic E-state index is 12.5. The molecule has 26 heavy (non-hydrogen) atoms. The van der Waals surface area contributed by atoms with Crippen molar-refractivity contribution >= 4 is 35.2 Å². The second kappa shape index (κ2) is 8.87. The summed E-state index contributed by atoms with van der Waals surface area (Å²) in [6.07, 6.45) is -1.25. The van der Waals surface area contributed by atoms with Gasteiger partial charge in [-0.05, 0) is 36.8 Å². The number of carbonyl (C=O) groups excluding carboxylic acids is 3. The van der Waals surface area contributed by atoms with E-state index in [4.69, 9.17) is 22.1 Å². The first kappa shape index (κ1) is 19.3. The van der Waals surface area contributed by atoms with Gasteiger partial charge >= 0.3 is 6.09 Å². The summed E-state index contributed by atoms with van der Waals surface area (Å²) < 4.78 is 5.07. The second-order valence-electron chi connectivity index (χ2n) is 5.52. The molecule has 136 valence electrons. The van der Waals surface area contributed by atoms with Crippen molar-refractivity contribution in [3.8, 4) is 5.75 Å². The monoisotopic (exact) mass is 375 g/mol. The first-order valence-corrected chi connectivity index (χ1v) is 8.11. The molecule has 0 bridgehead atoms. The standard InChI is InChI=1S/C18H18ClN3O4/c1-11-7-8-12(19)9-14(11)21-17(24)15(10-16(20)23)22-18(25)26-13-5-3-2-4-6-13/h2-9,15H,10H2,1H3,(H2,20,23)(H,21,24)(H,22,25)/t15-/m1/s1. The molecule has 0 unspecified atom stereocenters. The molecule has 0 saturated heterocycles. The molecule has 0 aliphatic carbocycles. The Morgan fingerprint density at radius 1 is 1.15 bits per heavy atom. The number of ether oxygens (including phenoxy) is 1. The molecule has 0 saturated carbocycles. The van der Waals surface area contributed by atoms with E-state index in [2.05, 4.69) is 10.6 Å². The third kappa shape index (κ3) is 5.78. The molecule has 1 atom stereocenters. The number of anilines is 1. The predicted octanol–water partition coefficient (Wildman–Crippen LogP) is 2.62. The molecule has 0 radical (unpaired) electrons. The molecule has 3 amide bonds. The normalized spacial score (nSPS) is 11.3. The van der Waals surface area contributed by atoms with Crippen LogP contribution in [-0.2, 0) is 9.59 Å². The van der Waals surface area contributed by atoms with Crippen molar-refractivity contribution in [1.82, 2.24) is 5.32 Å². The quantitative estimate of drug-likeness (QED) is 0.720. The number of primary amides is 1. The second-order valence-corrected chi connectivity index (χ2v) is 5.95. The van der Waals surface area contributed by atoms with Crippen LogP contribution < -0.4 is 21.1 Å². The molecule has 4 N–H and O–H groups in total. The highest BCUT2D eigenvalue weighted by Gasteiger charge is 2.24. The van der Waals surface area contributed by atoms with Gasteiger partial charge in [0.25, 0.3) is 0 Å². The molecule has 0 fully saturated rings. The Kier molecular flexibility index (Phi) is 6.57. The Morgan fingerprint density at radius 3 is 2.50 bits per heavy atom. The smallest absolute Gasteiger partial charge is 0.410 e. The van der Waals surface area contributed by atoms with E-state index < -0.39 is 23.9 Å². The lowest BCUT2D eigenvalue weighted by atomic mass is 10.1. The fraction of sp³-hybridized carbons (Fsp3) is 0.167. The third-order valence-electron chi connectivity index (χ3n) is 3.43. The largest absolute Gasteiger partial charge is 0.413 e. The molecule has 0 aromatic heterocycles. The predicted molar refractivity (Wildman–Crippen MR) is 98.0 cm³/mol. The molecule has 2 rings (SSSR count). The average molecular weight is 376 g/mol. The van der Waals surface area contributed by atoms with Gasteiger partial charge in [-0.2, -0.15) is 0 Å².